The van der Waals surface area contributed by atoms with E-state index in [2.05, 4.69) is 10.0 Å². The second kappa shape index (κ2) is 4.43. The highest BCUT2D eigenvalue weighted by Gasteiger charge is 2.21. The van der Waals surface area contributed by atoms with Crippen LogP contribution in [0.25, 0.3) is 0 Å². The predicted octanol–water partition coefficient (Wildman–Crippen LogP) is 1.81. The zero-order valence-electron chi connectivity index (χ0n) is 10.0. The third-order valence-electron chi connectivity index (χ3n) is 1.89. The first-order valence-corrected chi connectivity index (χ1v) is 6.55. The highest BCUT2D eigenvalue weighted by molar-refractivity contribution is 7.89. The van der Waals surface area contributed by atoms with Crippen LogP contribution in [0.15, 0.2) is 29.2 Å². The average molecular weight is 242 g/mol. The Morgan fingerprint density at radius 3 is 1.94 bits per heavy atom. The fraction of sp³-hybridized carbons (Fsp3) is 0.455. The van der Waals surface area contributed by atoms with Crippen molar-refractivity contribution in [3.63, 3.8) is 0 Å². The minimum absolute atomic E-state index is 0.279. The first-order valence-electron chi connectivity index (χ1n) is 5.06. The van der Waals surface area contributed by atoms with Crippen LogP contribution in [0.5, 0.6) is 0 Å². The summed E-state index contributed by atoms with van der Waals surface area (Å²) in [7, 11) is -1.63. The zero-order valence-corrected chi connectivity index (χ0v) is 10.9. The zero-order chi connectivity index (χ0) is 12.4. The Bertz CT molecular complexity index is 444. The third kappa shape index (κ3) is 3.50. The quantitative estimate of drug-likeness (QED) is 0.850. The number of rotatable bonds is 3. The molecule has 5 heteroatoms. The van der Waals surface area contributed by atoms with Gasteiger partial charge in [0, 0.05) is 18.3 Å². The molecule has 4 nitrogen and oxygen atoms in total. The fourth-order valence-electron chi connectivity index (χ4n) is 1.26. The summed E-state index contributed by atoms with van der Waals surface area (Å²) in [6, 6.07) is 6.63. The number of nitrogens with one attached hydrogen (secondary N) is 2. The maximum Gasteiger partial charge on any atom is 0.241 e. The minimum atomic E-state index is -3.42. The van der Waals surface area contributed by atoms with Gasteiger partial charge in [-0.2, -0.15) is 0 Å². The number of anilines is 1. The molecule has 0 atom stereocenters. The topological polar surface area (TPSA) is 58.2 Å². The Morgan fingerprint density at radius 2 is 1.56 bits per heavy atom. The average Bonchev–Trinajstić information content (AvgIpc) is 2.14. The summed E-state index contributed by atoms with van der Waals surface area (Å²) in [6.07, 6.45) is 0. The van der Waals surface area contributed by atoms with E-state index in [0.717, 1.165) is 5.69 Å². The van der Waals surface area contributed by atoms with Gasteiger partial charge in [0.05, 0.1) is 4.90 Å². The van der Waals surface area contributed by atoms with Crippen LogP contribution >= 0.6 is 0 Å². The van der Waals surface area contributed by atoms with Gasteiger partial charge in [0.15, 0.2) is 0 Å². The molecular weight excluding hydrogens is 224 g/mol. The molecule has 0 saturated carbocycles. The van der Waals surface area contributed by atoms with E-state index in [1.54, 1.807) is 31.3 Å². The van der Waals surface area contributed by atoms with E-state index in [1.807, 2.05) is 20.8 Å². The van der Waals surface area contributed by atoms with Crippen LogP contribution in [0.1, 0.15) is 20.8 Å². The number of hydrogen-bond donors (Lipinski definition) is 2. The highest BCUT2D eigenvalue weighted by Crippen LogP contribution is 2.15. The van der Waals surface area contributed by atoms with E-state index in [-0.39, 0.29) is 4.90 Å². The molecule has 2 N–H and O–H groups in total. The van der Waals surface area contributed by atoms with E-state index in [0.29, 0.717) is 0 Å². The number of sulfonamides is 1. The van der Waals surface area contributed by atoms with Crippen LogP contribution in [0, 0.1) is 0 Å². The van der Waals surface area contributed by atoms with Gasteiger partial charge in [-0.15, -0.1) is 0 Å². The molecule has 0 fully saturated rings. The molecule has 1 aromatic rings. The van der Waals surface area contributed by atoms with Gasteiger partial charge in [0.25, 0.3) is 0 Å². The Hall–Kier alpha value is -1.07. The molecule has 0 aromatic heterocycles. The van der Waals surface area contributed by atoms with Crippen molar-refractivity contribution in [1.29, 1.82) is 0 Å². The van der Waals surface area contributed by atoms with Crippen molar-refractivity contribution in [2.75, 3.05) is 12.4 Å². The van der Waals surface area contributed by atoms with Crippen molar-refractivity contribution in [2.45, 2.75) is 31.2 Å². The summed E-state index contributed by atoms with van der Waals surface area (Å²) in [5, 5.41) is 2.94. The van der Waals surface area contributed by atoms with Gasteiger partial charge in [-0.05, 0) is 45.0 Å². The molecule has 0 aliphatic carbocycles. The van der Waals surface area contributed by atoms with Crippen LogP contribution in [-0.4, -0.2) is 21.0 Å². The van der Waals surface area contributed by atoms with Crippen LogP contribution in [0.4, 0.5) is 5.69 Å². The Balaban J connectivity index is 2.99. The van der Waals surface area contributed by atoms with Crippen molar-refractivity contribution >= 4 is 15.7 Å². The molecule has 1 rings (SSSR count). The Kier molecular flexibility index (Phi) is 3.60. The van der Waals surface area contributed by atoms with Crippen molar-refractivity contribution < 1.29 is 8.42 Å². The van der Waals surface area contributed by atoms with Crippen molar-refractivity contribution in [2.24, 2.45) is 0 Å². The lowest BCUT2D eigenvalue weighted by atomic mass is 10.1. The highest BCUT2D eigenvalue weighted by atomic mass is 32.2. The number of hydrogen-bond acceptors (Lipinski definition) is 3. The van der Waals surface area contributed by atoms with E-state index in [9.17, 15) is 8.42 Å². The summed E-state index contributed by atoms with van der Waals surface area (Å²) >= 11 is 0. The summed E-state index contributed by atoms with van der Waals surface area (Å²) < 4.78 is 26.4. The van der Waals surface area contributed by atoms with Crippen LogP contribution in [0.2, 0.25) is 0 Å². The maximum absolute atomic E-state index is 11.9. The monoisotopic (exact) mass is 242 g/mol. The fourth-order valence-corrected chi connectivity index (χ4v) is 2.68. The van der Waals surface area contributed by atoms with Gasteiger partial charge in [-0.3, -0.25) is 0 Å². The lowest BCUT2D eigenvalue weighted by Gasteiger charge is -2.20. The molecule has 16 heavy (non-hydrogen) atoms. The molecule has 0 saturated heterocycles. The summed E-state index contributed by atoms with van der Waals surface area (Å²) in [5.74, 6) is 0. The SMILES string of the molecule is CNc1ccc(S(=O)(=O)NC(C)(C)C)cc1. The molecule has 0 spiro atoms. The van der Waals surface area contributed by atoms with Crippen LogP contribution < -0.4 is 10.0 Å². The molecule has 0 heterocycles. The third-order valence-corrected chi connectivity index (χ3v) is 3.67. The smallest absolute Gasteiger partial charge is 0.241 e. The maximum atomic E-state index is 11.9. The predicted molar refractivity (Wildman–Crippen MR) is 66.1 cm³/mol. The van der Waals surface area contributed by atoms with Crippen molar-refractivity contribution in [3.8, 4) is 0 Å². The molecule has 0 amide bonds. The standard InChI is InChI=1S/C11H18N2O2S/c1-11(2,3)13-16(14,15)10-7-5-9(12-4)6-8-10/h5-8,12-13H,1-4H3. The second-order valence-electron chi connectivity index (χ2n) is 4.63. The van der Waals surface area contributed by atoms with Gasteiger partial charge in [-0.1, -0.05) is 0 Å². The molecule has 0 aliphatic heterocycles. The van der Waals surface area contributed by atoms with Gasteiger partial charge in [0.1, 0.15) is 0 Å². The first-order chi connectivity index (χ1) is 7.24. The van der Waals surface area contributed by atoms with E-state index >= 15 is 0 Å². The summed E-state index contributed by atoms with van der Waals surface area (Å²) in [5.41, 5.74) is 0.412. The molecule has 1 aromatic carbocycles. The molecule has 0 radical (unpaired) electrons. The van der Waals surface area contributed by atoms with E-state index in [4.69, 9.17) is 0 Å². The van der Waals surface area contributed by atoms with Crippen molar-refractivity contribution in [3.05, 3.63) is 24.3 Å². The van der Waals surface area contributed by atoms with E-state index < -0.39 is 15.6 Å². The second-order valence-corrected chi connectivity index (χ2v) is 6.31. The summed E-state index contributed by atoms with van der Waals surface area (Å²) in [4.78, 5) is 0.279. The lowest BCUT2D eigenvalue weighted by molar-refractivity contribution is 0.491. The molecular formula is C11H18N2O2S. The largest absolute Gasteiger partial charge is 0.388 e. The molecule has 0 bridgehead atoms. The minimum Gasteiger partial charge on any atom is -0.388 e. The van der Waals surface area contributed by atoms with Crippen molar-refractivity contribution in [1.82, 2.24) is 4.72 Å². The van der Waals surface area contributed by atoms with Crippen LogP contribution in [0.3, 0.4) is 0 Å². The number of benzene rings is 1. The molecule has 0 aliphatic rings. The van der Waals surface area contributed by atoms with E-state index in [1.165, 1.54) is 0 Å². The summed E-state index contributed by atoms with van der Waals surface area (Å²) in [6.45, 7) is 5.44. The van der Waals surface area contributed by atoms with Gasteiger partial charge < -0.3 is 5.32 Å². The van der Waals surface area contributed by atoms with Crippen LogP contribution in [-0.2, 0) is 10.0 Å². The Morgan fingerprint density at radius 1 is 1.06 bits per heavy atom. The molecule has 0 unspecified atom stereocenters. The van der Waals surface area contributed by atoms with Gasteiger partial charge in [-0.25, -0.2) is 13.1 Å². The van der Waals surface area contributed by atoms with Gasteiger partial charge in [0.2, 0.25) is 10.0 Å². The lowest BCUT2D eigenvalue weighted by Crippen LogP contribution is -2.40. The molecule has 90 valence electrons. The Labute approximate surface area is 97.1 Å². The first kappa shape index (κ1) is 13.0. The normalized spacial score (nSPS) is 12.5. The van der Waals surface area contributed by atoms with Gasteiger partial charge >= 0.3 is 0 Å².